The molecule has 2 heterocycles. The molecule has 0 bridgehead atoms. The van der Waals surface area contributed by atoms with Crippen LogP contribution in [0, 0.1) is 0 Å². The third-order valence-corrected chi connectivity index (χ3v) is 6.46. The van der Waals surface area contributed by atoms with Crippen molar-refractivity contribution in [3.8, 4) is 5.75 Å². The van der Waals surface area contributed by atoms with E-state index >= 15 is 0 Å². The molecule has 0 atom stereocenters. The molecule has 0 saturated carbocycles. The number of methoxy groups -OCH3 is 1. The summed E-state index contributed by atoms with van der Waals surface area (Å²) in [5.41, 5.74) is 0.608. The summed E-state index contributed by atoms with van der Waals surface area (Å²) < 4.78 is 34.6. The molecule has 0 aliphatic rings. The highest BCUT2D eigenvalue weighted by Crippen LogP contribution is 2.22. The maximum absolute atomic E-state index is 12.6. The van der Waals surface area contributed by atoms with Gasteiger partial charge in [-0.1, -0.05) is 26.0 Å². The van der Waals surface area contributed by atoms with Crippen LogP contribution in [-0.4, -0.2) is 73.0 Å². The molecular weight excluding hydrogens is 418 g/mol. The largest absolute Gasteiger partial charge is 0.495 e. The summed E-state index contributed by atoms with van der Waals surface area (Å²) in [4.78, 5) is 2.42. The summed E-state index contributed by atoms with van der Waals surface area (Å²) in [6.07, 6.45) is 0.339. The van der Waals surface area contributed by atoms with Gasteiger partial charge in [0.2, 0.25) is 10.0 Å². The average molecular weight is 448 g/mol. The topological polar surface area (TPSA) is 114 Å². The van der Waals surface area contributed by atoms with E-state index < -0.39 is 10.0 Å². The van der Waals surface area contributed by atoms with Gasteiger partial charge in [-0.3, -0.25) is 0 Å². The van der Waals surface area contributed by atoms with Crippen molar-refractivity contribution in [1.29, 1.82) is 0 Å². The van der Waals surface area contributed by atoms with Crippen LogP contribution in [0.2, 0.25) is 0 Å². The lowest BCUT2D eigenvalue weighted by Gasteiger charge is -2.18. The first-order valence-corrected chi connectivity index (χ1v) is 11.8. The first-order valence-electron chi connectivity index (χ1n) is 10.3. The Labute approximate surface area is 182 Å². The highest BCUT2D eigenvalue weighted by atomic mass is 32.2. The summed E-state index contributed by atoms with van der Waals surface area (Å²) in [5, 5.41) is 16.1. The van der Waals surface area contributed by atoms with E-state index in [1.54, 1.807) is 22.7 Å². The van der Waals surface area contributed by atoms with Crippen molar-refractivity contribution in [2.24, 2.45) is 0 Å². The minimum atomic E-state index is -3.71. The monoisotopic (exact) mass is 447 g/mol. The fraction of sp³-hybridized carbons (Fsp3) is 0.450. The summed E-state index contributed by atoms with van der Waals surface area (Å²) >= 11 is 0. The predicted molar refractivity (Wildman–Crippen MR) is 119 cm³/mol. The number of likely N-dealkylation sites (N-methyl/N-ethyl adjacent to an activating group) is 1. The van der Waals surface area contributed by atoms with Gasteiger partial charge in [-0.05, 0) is 37.4 Å². The molecule has 0 aliphatic carbocycles. The molecule has 31 heavy (non-hydrogen) atoms. The van der Waals surface area contributed by atoms with Crippen molar-refractivity contribution < 1.29 is 13.2 Å². The summed E-state index contributed by atoms with van der Waals surface area (Å²) in [6.45, 7) is 8.14. The maximum atomic E-state index is 12.6. The average Bonchev–Trinajstić information content (AvgIpc) is 3.19. The maximum Gasteiger partial charge on any atom is 0.244 e. The number of para-hydroxylation sites is 1. The van der Waals surface area contributed by atoms with Crippen LogP contribution < -0.4 is 14.8 Å². The number of hydrogen-bond acceptors (Lipinski definition) is 8. The Hall–Kier alpha value is -2.76. The van der Waals surface area contributed by atoms with Crippen LogP contribution in [0.25, 0.3) is 5.65 Å². The molecule has 3 rings (SSSR count). The molecule has 0 unspecified atom stereocenters. The number of aromatic nitrogens is 4. The van der Waals surface area contributed by atoms with Crippen molar-refractivity contribution in [2.75, 3.05) is 45.2 Å². The Morgan fingerprint density at radius 1 is 1.06 bits per heavy atom. The fourth-order valence-corrected chi connectivity index (χ4v) is 4.38. The summed E-state index contributed by atoms with van der Waals surface area (Å²) in [5.74, 6) is 1.59. The van der Waals surface area contributed by atoms with Crippen molar-refractivity contribution in [3.05, 3.63) is 42.2 Å². The lowest BCUT2D eigenvalue weighted by atomic mass is 10.3. The van der Waals surface area contributed by atoms with E-state index in [0.29, 0.717) is 23.6 Å². The number of sulfonamides is 1. The second-order valence-electron chi connectivity index (χ2n) is 6.86. The molecule has 0 amide bonds. The number of ether oxygens (including phenoxy) is 1. The zero-order valence-electron chi connectivity index (χ0n) is 18.1. The first-order chi connectivity index (χ1) is 15.0. The second-order valence-corrected chi connectivity index (χ2v) is 8.59. The van der Waals surface area contributed by atoms with Crippen LogP contribution in [0.5, 0.6) is 5.75 Å². The van der Waals surface area contributed by atoms with Crippen LogP contribution in [0.1, 0.15) is 19.7 Å². The van der Waals surface area contributed by atoms with Gasteiger partial charge < -0.3 is 15.0 Å². The number of fused-ring (bicyclic) bond motifs is 1. The van der Waals surface area contributed by atoms with E-state index in [0.717, 1.165) is 32.0 Å². The fourth-order valence-electron chi connectivity index (χ4n) is 3.18. The number of anilines is 1. The minimum absolute atomic E-state index is 0.0985. The van der Waals surface area contributed by atoms with E-state index in [-0.39, 0.29) is 11.4 Å². The summed E-state index contributed by atoms with van der Waals surface area (Å²) in [6, 6.07) is 10.2. The van der Waals surface area contributed by atoms with E-state index in [1.165, 1.54) is 13.2 Å². The smallest absolute Gasteiger partial charge is 0.244 e. The van der Waals surface area contributed by atoms with Gasteiger partial charge in [-0.2, -0.15) is 4.52 Å². The molecule has 0 aliphatic heterocycles. The van der Waals surface area contributed by atoms with Crippen molar-refractivity contribution in [3.63, 3.8) is 0 Å². The highest BCUT2D eigenvalue weighted by Gasteiger charge is 2.19. The van der Waals surface area contributed by atoms with Crippen LogP contribution >= 0.6 is 0 Å². The predicted octanol–water partition coefficient (Wildman–Crippen LogP) is 1.41. The number of hydrogen-bond donors (Lipinski definition) is 2. The number of rotatable bonds is 12. The third kappa shape index (κ3) is 5.69. The lowest BCUT2D eigenvalue weighted by molar-refractivity contribution is 0.316. The van der Waals surface area contributed by atoms with Gasteiger partial charge in [0, 0.05) is 26.1 Å². The molecule has 2 N–H and O–H groups in total. The first kappa shape index (κ1) is 22.9. The van der Waals surface area contributed by atoms with Gasteiger partial charge in [0.15, 0.2) is 11.5 Å². The van der Waals surface area contributed by atoms with Gasteiger partial charge in [-0.15, -0.1) is 15.3 Å². The van der Waals surface area contributed by atoms with Crippen molar-refractivity contribution in [2.45, 2.75) is 25.2 Å². The second kappa shape index (κ2) is 10.5. The van der Waals surface area contributed by atoms with E-state index in [9.17, 15) is 8.42 Å². The molecule has 0 saturated heterocycles. The van der Waals surface area contributed by atoms with Gasteiger partial charge >= 0.3 is 0 Å². The van der Waals surface area contributed by atoms with Crippen LogP contribution in [0.15, 0.2) is 41.3 Å². The van der Waals surface area contributed by atoms with Crippen molar-refractivity contribution in [1.82, 2.24) is 29.4 Å². The zero-order chi connectivity index (χ0) is 22.3. The van der Waals surface area contributed by atoms with Crippen LogP contribution in [0.4, 0.5) is 5.82 Å². The molecule has 2 aromatic heterocycles. The lowest BCUT2D eigenvalue weighted by Crippen LogP contribution is -2.29. The molecule has 3 aromatic rings. The Kier molecular flexibility index (Phi) is 7.77. The van der Waals surface area contributed by atoms with Crippen LogP contribution in [-0.2, 0) is 16.4 Å². The van der Waals surface area contributed by atoms with Crippen molar-refractivity contribution >= 4 is 21.5 Å². The molecule has 0 spiro atoms. The summed E-state index contributed by atoms with van der Waals surface area (Å²) in [7, 11) is -2.27. The molecule has 10 nitrogen and oxygen atoms in total. The molecule has 0 fully saturated rings. The SMILES string of the molecule is CCN(CC)CCNc1ccc2nnc(CCNS(=O)(=O)c3ccccc3OC)n2n1. The van der Waals surface area contributed by atoms with E-state index in [4.69, 9.17) is 4.74 Å². The molecule has 0 radical (unpaired) electrons. The van der Waals surface area contributed by atoms with Gasteiger partial charge in [0.25, 0.3) is 0 Å². The highest BCUT2D eigenvalue weighted by molar-refractivity contribution is 7.89. The molecule has 11 heteroatoms. The Bertz CT molecular complexity index is 1100. The molecule has 1 aromatic carbocycles. The van der Waals surface area contributed by atoms with Crippen LogP contribution in [0.3, 0.4) is 0 Å². The molecular formula is C20H29N7O3S. The number of nitrogens with one attached hydrogen (secondary N) is 2. The van der Waals surface area contributed by atoms with E-state index in [2.05, 4.69) is 44.1 Å². The minimum Gasteiger partial charge on any atom is -0.495 e. The zero-order valence-corrected chi connectivity index (χ0v) is 18.9. The number of nitrogens with zero attached hydrogens (tertiary/aromatic N) is 5. The van der Waals surface area contributed by atoms with Gasteiger partial charge in [0.05, 0.1) is 7.11 Å². The Balaban J connectivity index is 1.64. The Morgan fingerprint density at radius 3 is 2.58 bits per heavy atom. The van der Waals surface area contributed by atoms with Gasteiger partial charge in [0.1, 0.15) is 16.5 Å². The molecule has 168 valence electrons. The third-order valence-electron chi connectivity index (χ3n) is 4.96. The number of benzene rings is 1. The van der Waals surface area contributed by atoms with Gasteiger partial charge in [-0.25, -0.2) is 13.1 Å². The van der Waals surface area contributed by atoms with E-state index in [1.807, 2.05) is 12.1 Å². The standard InChI is InChI=1S/C20H29N7O3S/c1-4-26(5-2)15-14-21-18-10-11-19-23-24-20(27(19)25-18)12-13-22-31(28,29)17-9-7-6-8-16(17)30-3/h6-11,22H,4-5,12-15H2,1-3H3,(H,21,25). The quantitative estimate of drug-likeness (QED) is 0.428. The normalized spacial score (nSPS) is 11.9. The Morgan fingerprint density at radius 2 is 1.84 bits per heavy atom.